The highest BCUT2D eigenvalue weighted by Crippen LogP contribution is 2.34. The monoisotopic (exact) mass is 327 g/mol. The molecule has 0 saturated heterocycles. The summed E-state index contributed by atoms with van der Waals surface area (Å²) in [6.45, 7) is 10.1. The third-order valence-corrected chi connectivity index (χ3v) is 4.12. The summed E-state index contributed by atoms with van der Waals surface area (Å²) in [5.41, 5.74) is 11.1. The summed E-state index contributed by atoms with van der Waals surface area (Å²) >= 11 is 0. The summed E-state index contributed by atoms with van der Waals surface area (Å²) in [6.07, 6.45) is 0.843. The average Bonchev–Trinajstić information content (AvgIpc) is 2.54. The molecule has 3 nitrogen and oxygen atoms in total. The van der Waals surface area contributed by atoms with Crippen LogP contribution in [0.1, 0.15) is 42.0 Å². The summed E-state index contributed by atoms with van der Waals surface area (Å²) in [7, 11) is 0. The molecular formula is C21H29NO2. The number of aryl methyl sites for hydroxylation is 2. The van der Waals surface area contributed by atoms with E-state index >= 15 is 0 Å². The van der Waals surface area contributed by atoms with Crippen LogP contribution in [0.2, 0.25) is 0 Å². The van der Waals surface area contributed by atoms with Gasteiger partial charge < -0.3 is 15.2 Å². The molecule has 2 N–H and O–H groups in total. The van der Waals surface area contributed by atoms with Crippen molar-refractivity contribution < 1.29 is 9.47 Å². The molecule has 2 aromatic carbocycles. The van der Waals surface area contributed by atoms with Gasteiger partial charge in [0.25, 0.3) is 0 Å². The molecule has 0 aromatic heterocycles. The Morgan fingerprint density at radius 2 is 1.62 bits per heavy atom. The van der Waals surface area contributed by atoms with Gasteiger partial charge >= 0.3 is 0 Å². The van der Waals surface area contributed by atoms with E-state index in [-0.39, 0.29) is 5.92 Å². The van der Waals surface area contributed by atoms with Crippen molar-refractivity contribution in [2.45, 2.75) is 40.0 Å². The summed E-state index contributed by atoms with van der Waals surface area (Å²) in [5, 5.41) is 0. The molecule has 0 radical (unpaired) electrons. The Balaban J connectivity index is 2.34. The van der Waals surface area contributed by atoms with E-state index in [1.54, 1.807) is 0 Å². The molecule has 0 amide bonds. The quantitative estimate of drug-likeness (QED) is 0.782. The molecule has 24 heavy (non-hydrogen) atoms. The van der Waals surface area contributed by atoms with Gasteiger partial charge in [-0.05, 0) is 57.9 Å². The van der Waals surface area contributed by atoms with Crippen LogP contribution in [0.3, 0.4) is 0 Å². The smallest absolute Gasteiger partial charge is 0.164 e. The first-order valence-corrected chi connectivity index (χ1v) is 8.74. The van der Waals surface area contributed by atoms with Gasteiger partial charge in [-0.3, -0.25) is 0 Å². The van der Waals surface area contributed by atoms with E-state index in [0.717, 1.165) is 23.5 Å². The molecule has 0 bridgehead atoms. The Kier molecular flexibility index (Phi) is 6.68. The maximum atomic E-state index is 6.10. The Bertz CT molecular complexity index is 647. The summed E-state index contributed by atoms with van der Waals surface area (Å²) in [5.74, 6) is 1.93. The number of hydrogen-bond donors (Lipinski definition) is 1. The summed E-state index contributed by atoms with van der Waals surface area (Å²) in [6, 6.07) is 12.8. The van der Waals surface area contributed by atoms with E-state index in [9.17, 15) is 0 Å². The van der Waals surface area contributed by atoms with Crippen LogP contribution in [-0.4, -0.2) is 19.8 Å². The zero-order chi connectivity index (χ0) is 17.5. The lowest BCUT2D eigenvalue weighted by Crippen LogP contribution is -2.16. The maximum Gasteiger partial charge on any atom is 0.164 e. The molecule has 130 valence electrons. The van der Waals surface area contributed by atoms with Gasteiger partial charge in [0.2, 0.25) is 0 Å². The van der Waals surface area contributed by atoms with E-state index in [4.69, 9.17) is 15.2 Å². The van der Waals surface area contributed by atoms with Crippen LogP contribution in [0, 0.1) is 13.8 Å². The topological polar surface area (TPSA) is 44.5 Å². The Morgan fingerprint density at radius 3 is 2.21 bits per heavy atom. The molecule has 3 heteroatoms. The Morgan fingerprint density at radius 1 is 0.958 bits per heavy atom. The van der Waals surface area contributed by atoms with Crippen LogP contribution in [0.25, 0.3) is 0 Å². The van der Waals surface area contributed by atoms with Gasteiger partial charge in [-0.15, -0.1) is 0 Å². The number of para-hydroxylation sites is 1. The van der Waals surface area contributed by atoms with Crippen LogP contribution < -0.4 is 15.2 Å². The van der Waals surface area contributed by atoms with Crippen LogP contribution >= 0.6 is 0 Å². The highest BCUT2D eigenvalue weighted by atomic mass is 16.5. The lowest BCUT2D eigenvalue weighted by atomic mass is 9.89. The second-order valence-electron chi connectivity index (χ2n) is 6.17. The van der Waals surface area contributed by atoms with E-state index in [1.807, 2.05) is 26.0 Å². The first-order chi connectivity index (χ1) is 11.6. The minimum absolute atomic E-state index is 0.264. The second-order valence-corrected chi connectivity index (χ2v) is 6.17. The van der Waals surface area contributed by atoms with Crippen LogP contribution in [-0.2, 0) is 6.42 Å². The van der Waals surface area contributed by atoms with Crippen molar-refractivity contribution in [2.24, 2.45) is 5.73 Å². The largest absolute Gasteiger partial charge is 0.490 e. The Labute approximate surface area is 145 Å². The average molecular weight is 327 g/mol. The third-order valence-electron chi connectivity index (χ3n) is 4.12. The fourth-order valence-electron chi connectivity index (χ4n) is 3.15. The van der Waals surface area contributed by atoms with Gasteiger partial charge in [0.05, 0.1) is 13.2 Å². The molecule has 0 aliphatic rings. The molecule has 1 atom stereocenters. The van der Waals surface area contributed by atoms with Gasteiger partial charge in [0.15, 0.2) is 11.5 Å². The number of nitrogens with two attached hydrogens (primary N) is 1. The zero-order valence-corrected chi connectivity index (χ0v) is 15.3. The van der Waals surface area contributed by atoms with Crippen molar-refractivity contribution in [1.82, 2.24) is 0 Å². The molecule has 0 aliphatic carbocycles. The number of rotatable bonds is 8. The highest BCUT2D eigenvalue weighted by Gasteiger charge is 2.17. The fraction of sp³-hybridized carbons (Fsp3) is 0.429. The highest BCUT2D eigenvalue weighted by molar-refractivity contribution is 5.47. The Hall–Kier alpha value is -2.00. The van der Waals surface area contributed by atoms with Crippen molar-refractivity contribution in [2.75, 3.05) is 19.8 Å². The molecule has 2 rings (SSSR count). The summed E-state index contributed by atoms with van der Waals surface area (Å²) in [4.78, 5) is 0. The normalized spacial score (nSPS) is 12.0. The minimum Gasteiger partial charge on any atom is -0.490 e. The molecule has 2 aromatic rings. The van der Waals surface area contributed by atoms with Crippen LogP contribution in [0.5, 0.6) is 11.5 Å². The third kappa shape index (κ3) is 4.51. The van der Waals surface area contributed by atoms with Crippen molar-refractivity contribution in [3.8, 4) is 11.5 Å². The van der Waals surface area contributed by atoms with E-state index in [0.29, 0.717) is 19.8 Å². The number of benzene rings is 2. The van der Waals surface area contributed by atoms with Crippen molar-refractivity contribution in [3.05, 3.63) is 58.7 Å². The molecule has 0 aliphatic heterocycles. The van der Waals surface area contributed by atoms with Gasteiger partial charge in [-0.1, -0.05) is 41.5 Å². The standard InChI is InChI=1S/C21H29NO2/c1-5-23-20-9-7-8-17(21(20)24-6-2)13-19(14-22)18-11-15(3)10-16(4)12-18/h7-12,19H,5-6,13-14,22H2,1-4H3. The molecule has 1 unspecified atom stereocenters. The SMILES string of the molecule is CCOc1cccc(CC(CN)c2cc(C)cc(C)c2)c1OCC. The molecular weight excluding hydrogens is 298 g/mol. The fourth-order valence-corrected chi connectivity index (χ4v) is 3.15. The van der Waals surface area contributed by atoms with Crippen molar-refractivity contribution in [3.63, 3.8) is 0 Å². The van der Waals surface area contributed by atoms with Gasteiger partial charge in [0.1, 0.15) is 0 Å². The molecule has 0 spiro atoms. The van der Waals surface area contributed by atoms with Crippen LogP contribution in [0.4, 0.5) is 0 Å². The predicted octanol–water partition coefficient (Wildman–Crippen LogP) is 4.39. The number of ether oxygens (including phenoxy) is 2. The van der Waals surface area contributed by atoms with Gasteiger partial charge in [-0.2, -0.15) is 0 Å². The van der Waals surface area contributed by atoms with Gasteiger partial charge in [-0.25, -0.2) is 0 Å². The molecule has 0 heterocycles. The second kappa shape index (κ2) is 8.74. The lowest BCUT2D eigenvalue weighted by Gasteiger charge is -2.20. The first-order valence-electron chi connectivity index (χ1n) is 8.74. The minimum atomic E-state index is 0.264. The lowest BCUT2D eigenvalue weighted by molar-refractivity contribution is 0.285. The van der Waals surface area contributed by atoms with E-state index in [2.05, 4.69) is 38.1 Å². The van der Waals surface area contributed by atoms with Gasteiger partial charge in [0, 0.05) is 5.92 Å². The zero-order valence-electron chi connectivity index (χ0n) is 15.3. The van der Waals surface area contributed by atoms with E-state index in [1.165, 1.54) is 16.7 Å². The van der Waals surface area contributed by atoms with Crippen molar-refractivity contribution in [1.29, 1.82) is 0 Å². The predicted molar refractivity (Wildman–Crippen MR) is 100 cm³/mol. The first kappa shape index (κ1) is 18.3. The molecule has 0 saturated carbocycles. The summed E-state index contributed by atoms with van der Waals surface area (Å²) < 4.78 is 11.6. The molecule has 0 fully saturated rings. The van der Waals surface area contributed by atoms with E-state index < -0.39 is 0 Å². The number of hydrogen-bond acceptors (Lipinski definition) is 3. The van der Waals surface area contributed by atoms with Crippen molar-refractivity contribution >= 4 is 0 Å². The van der Waals surface area contributed by atoms with Crippen LogP contribution in [0.15, 0.2) is 36.4 Å². The maximum absolute atomic E-state index is 6.10.